The zero-order chi connectivity index (χ0) is 14.7. The number of aromatic carboxylic acids is 1. The normalized spacial score (nSPS) is 12.3. The highest BCUT2D eigenvalue weighted by Crippen LogP contribution is 2.26. The van der Waals surface area contributed by atoms with E-state index in [9.17, 15) is 15.0 Å². The Bertz CT molecular complexity index is 636. The lowest BCUT2D eigenvalue weighted by Gasteiger charge is -2.18. The summed E-state index contributed by atoms with van der Waals surface area (Å²) in [6.45, 7) is 3.83. The summed E-state index contributed by atoms with van der Waals surface area (Å²) in [7, 11) is 0. The molecular formula is C15H18N2O3. The summed E-state index contributed by atoms with van der Waals surface area (Å²) in [6, 6.07) is 6.89. The Hall–Kier alpha value is -2.14. The van der Waals surface area contributed by atoms with Crippen molar-refractivity contribution in [1.29, 1.82) is 0 Å². The number of para-hydroxylation sites is 1. The van der Waals surface area contributed by atoms with E-state index in [1.54, 1.807) is 12.1 Å². The highest BCUT2D eigenvalue weighted by molar-refractivity contribution is 6.05. The van der Waals surface area contributed by atoms with Crippen LogP contribution in [-0.4, -0.2) is 33.8 Å². The third-order valence-electron chi connectivity index (χ3n) is 3.27. The lowest BCUT2D eigenvalue weighted by molar-refractivity contribution is 0.0699. The van der Waals surface area contributed by atoms with Gasteiger partial charge in [0.25, 0.3) is 0 Å². The monoisotopic (exact) mass is 274 g/mol. The van der Waals surface area contributed by atoms with Gasteiger partial charge in [0.1, 0.15) is 0 Å². The highest BCUT2D eigenvalue weighted by atomic mass is 16.4. The first-order valence-corrected chi connectivity index (χ1v) is 6.57. The zero-order valence-electron chi connectivity index (χ0n) is 11.6. The fraction of sp³-hybridized carbons (Fsp3) is 0.333. The van der Waals surface area contributed by atoms with Gasteiger partial charge in [0.15, 0.2) is 0 Å². The quantitative estimate of drug-likeness (QED) is 0.780. The molecule has 1 heterocycles. The Balaban J connectivity index is 2.60. The van der Waals surface area contributed by atoms with Crippen molar-refractivity contribution < 1.29 is 15.0 Å². The number of nitrogens with zero attached hydrogens (tertiary/aromatic N) is 1. The summed E-state index contributed by atoms with van der Waals surface area (Å²) in [6.07, 6.45) is 0.776. The van der Waals surface area contributed by atoms with Crippen molar-refractivity contribution in [2.45, 2.75) is 26.3 Å². The third-order valence-corrected chi connectivity index (χ3v) is 3.27. The van der Waals surface area contributed by atoms with Gasteiger partial charge in [0.05, 0.1) is 17.7 Å². The largest absolute Gasteiger partial charge is 0.478 e. The maximum Gasteiger partial charge on any atom is 0.337 e. The second-order valence-electron chi connectivity index (χ2n) is 4.75. The van der Waals surface area contributed by atoms with Gasteiger partial charge in [-0.1, -0.05) is 19.1 Å². The number of hydrogen-bond donors (Lipinski definition) is 3. The molecule has 3 N–H and O–H groups in total. The Morgan fingerprint density at radius 2 is 2.20 bits per heavy atom. The van der Waals surface area contributed by atoms with E-state index >= 15 is 0 Å². The summed E-state index contributed by atoms with van der Waals surface area (Å²) < 4.78 is 0. The first-order chi connectivity index (χ1) is 9.56. The van der Waals surface area contributed by atoms with Crippen LogP contribution in [0, 0.1) is 6.92 Å². The molecule has 0 spiro atoms. The predicted octanol–water partition coefficient (Wildman–Crippen LogP) is 2.42. The van der Waals surface area contributed by atoms with Crippen molar-refractivity contribution in [2.75, 3.05) is 11.9 Å². The van der Waals surface area contributed by atoms with Crippen LogP contribution in [0.15, 0.2) is 24.3 Å². The minimum absolute atomic E-state index is 0.0258. The molecule has 1 atom stereocenters. The van der Waals surface area contributed by atoms with E-state index < -0.39 is 5.97 Å². The number of fused-ring (bicyclic) bond motifs is 1. The fourth-order valence-corrected chi connectivity index (χ4v) is 2.17. The minimum Gasteiger partial charge on any atom is -0.478 e. The van der Waals surface area contributed by atoms with Crippen molar-refractivity contribution in [3.8, 4) is 0 Å². The van der Waals surface area contributed by atoms with Crippen LogP contribution < -0.4 is 5.32 Å². The first-order valence-electron chi connectivity index (χ1n) is 6.57. The number of carboxylic acids is 1. The van der Waals surface area contributed by atoms with Gasteiger partial charge in [-0.25, -0.2) is 4.79 Å². The number of aliphatic hydroxyl groups is 1. The number of anilines is 1. The number of carboxylic acid groups (broad SMARTS) is 1. The van der Waals surface area contributed by atoms with E-state index in [1.807, 2.05) is 26.0 Å². The molecule has 0 saturated carbocycles. The Labute approximate surface area is 117 Å². The van der Waals surface area contributed by atoms with Crippen LogP contribution in [0.1, 0.15) is 29.4 Å². The Morgan fingerprint density at radius 1 is 1.45 bits per heavy atom. The second kappa shape index (κ2) is 5.88. The van der Waals surface area contributed by atoms with Gasteiger partial charge in [0, 0.05) is 22.8 Å². The molecule has 0 fully saturated rings. The van der Waals surface area contributed by atoms with Gasteiger partial charge in [0.2, 0.25) is 0 Å². The molecule has 0 saturated heterocycles. The molecule has 0 aliphatic heterocycles. The van der Waals surface area contributed by atoms with Crippen molar-refractivity contribution in [3.63, 3.8) is 0 Å². The van der Waals surface area contributed by atoms with Gasteiger partial charge >= 0.3 is 5.97 Å². The lowest BCUT2D eigenvalue weighted by Crippen LogP contribution is -2.22. The average molecular weight is 274 g/mol. The number of pyridine rings is 1. The maximum absolute atomic E-state index is 11.3. The lowest BCUT2D eigenvalue weighted by atomic mass is 10.1. The molecule has 5 heteroatoms. The number of aliphatic hydroxyl groups excluding tert-OH is 1. The van der Waals surface area contributed by atoms with Gasteiger partial charge in [-0.2, -0.15) is 0 Å². The fourth-order valence-electron chi connectivity index (χ4n) is 2.17. The molecular weight excluding hydrogens is 256 g/mol. The van der Waals surface area contributed by atoms with Crippen LogP contribution in [0.3, 0.4) is 0 Å². The van der Waals surface area contributed by atoms with Gasteiger partial charge < -0.3 is 15.5 Å². The summed E-state index contributed by atoms with van der Waals surface area (Å²) in [5.74, 6) is -0.992. The molecule has 2 rings (SSSR count). The van der Waals surface area contributed by atoms with E-state index in [2.05, 4.69) is 10.3 Å². The second-order valence-corrected chi connectivity index (χ2v) is 4.75. The number of benzene rings is 1. The molecule has 2 aromatic rings. The molecule has 5 nitrogen and oxygen atoms in total. The minimum atomic E-state index is -0.992. The summed E-state index contributed by atoms with van der Waals surface area (Å²) in [5, 5.41) is 22.5. The van der Waals surface area contributed by atoms with Crippen LogP contribution >= 0.6 is 0 Å². The smallest absolute Gasteiger partial charge is 0.337 e. The predicted molar refractivity (Wildman–Crippen MR) is 78.2 cm³/mol. The van der Waals surface area contributed by atoms with Crippen molar-refractivity contribution >= 4 is 22.6 Å². The SMILES string of the molecule is CC[C@H](CO)Nc1cc(C)nc2c(C(=O)O)cccc12. The molecule has 0 unspecified atom stereocenters. The van der Waals surface area contributed by atoms with Gasteiger partial charge in [-0.3, -0.25) is 4.98 Å². The number of aryl methyl sites for hydroxylation is 1. The third kappa shape index (κ3) is 2.72. The molecule has 0 aliphatic carbocycles. The summed E-state index contributed by atoms with van der Waals surface area (Å²) >= 11 is 0. The van der Waals surface area contributed by atoms with Crippen LogP contribution in [-0.2, 0) is 0 Å². The first kappa shape index (κ1) is 14.3. The van der Waals surface area contributed by atoms with Crippen LogP contribution in [0.25, 0.3) is 10.9 Å². The van der Waals surface area contributed by atoms with E-state index in [4.69, 9.17) is 0 Å². The molecule has 1 aromatic carbocycles. The topological polar surface area (TPSA) is 82.5 Å². The van der Waals surface area contributed by atoms with Crippen LogP contribution in [0.2, 0.25) is 0 Å². The average Bonchev–Trinajstić information content (AvgIpc) is 2.43. The number of rotatable bonds is 5. The van der Waals surface area contributed by atoms with E-state index in [0.29, 0.717) is 5.52 Å². The van der Waals surface area contributed by atoms with Gasteiger partial charge in [-0.15, -0.1) is 0 Å². The van der Waals surface area contributed by atoms with Crippen molar-refractivity contribution in [3.05, 3.63) is 35.5 Å². The summed E-state index contributed by atoms with van der Waals surface area (Å²) in [5.41, 5.74) is 2.19. The Morgan fingerprint density at radius 3 is 2.80 bits per heavy atom. The number of hydrogen-bond acceptors (Lipinski definition) is 4. The van der Waals surface area contributed by atoms with Crippen LogP contribution in [0.5, 0.6) is 0 Å². The molecule has 0 radical (unpaired) electrons. The molecule has 1 aromatic heterocycles. The zero-order valence-corrected chi connectivity index (χ0v) is 11.6. The van der Waals surface area contributed by atoms with E-state index in [1.165, 1.54) is 0 Å². The number of aromatic nitrogens is 1. The Kier molecular flexibility index (Phi) is 4.20. The highest BCUT2D eigenvalue weighted by Gasteiger charge is 2.14. The molecule has 106 valence electrons. The molecule has 0 bridgehead atoms. The number of carbonyl (C=O) groups is 1. The maximum atomic E-state index is 11.3. The van der Waals surface area contributed by atoms with Gasteiger partial charge in [-0.05, 0) is 25.5 Å². The van der Waals surface area contributed by atoms with Crippen molar-refractivity contribution in [1.82, 2.24) is 4.98 Å². The number of nitrogens with one attached hydrogen (secondary N) is 1. The van der Waals surface area contributed by atoms with Crippen molar-refractivity contribution in [2.24, 2.45) is 0 Å². The molecule has 0 aliphatic rings. The summed E-state index contributed by atoms with van der Waals surface area (Å²) in [4.78, 5) is 15.6. The van der Waals surface area contributed by atoms with E-state index in [0.717, 1.165) is 23.2 Å². The molecule has 20 heavy (non-hydrogen) atoms. The molecule has 0 amide bonds. The van der Waals surface area contributed by atoms with Crippen LogP contribution in [0.4, 0.5) is 5.69 Å². The standard InChI is InChI=1S/C15H18N2O3/c1-3-10(8-18)17-13-7-9(2)16-14-11(13)5-4-6-12(14)15(19)20/h4-7,10,18H,3,8H2,1-2H3,(H,16,17)(H,19,20)/t10-/m1/s1. The van der Waals surface area contributed by atoms with E-state index in [-0.39, 0.29) is 18.2 Å².